The monoisotopic (exact) mass is 906 g/mol. The summed E-state index contributed by atoms with van der Waals surface area (Å²) in [5.41, 5.74) is -0.802. The predicted molar refractivity (Wildman–Crippen MR) is 181 cm³/mol. The summed E-state index contributed by atoms with van der Waals surface area (Å²) in [6.45, 7) is -0.819. The second-order valence-corrected chi connectivity index (χ2v) is 12.9. The highest BCUT2D eigenvalue weighted by Gasteiger charge is 2.46. The summed E-state index contributed by atoms with van der Waals surface area (Å²) >= 11 is 13.3. The van der Waals surface area contributed by atoms with Gasteiger partial charge in [-0.2, -0.15) is 5.01 Å². The van der Waals surface area contributed by atoms with Crippen LogP contribution in [0.4, 0.5) is 11.4 Å². The maximum atomic E-state index is 13.8. The van der Waals surface area contributed by atoms with E-state index in [1.807, 2.05) is 0 Å². The lowest BCUT2D eigenvalue weighted by molar-refractivity contribution is -0.385. The number of hydrogen-bond acceptors (Lipinski definition) is 10. The van der Waals surface area contributed by atoms with Crippen molar-refractivity contribution >= 4 is 105 Å². The molecule has 1 aliphatic rings. The Bertz CT molecular complexity index is 2020. The minimum Gasteiger partial charge on any atom is -0.423 e. The van der Waals surface area contributed by atoms with E-state index < -0.39 is 45.9 Å². The zero-order chi connectivity index (χ0) is 35.0. The van der Waals surface area contributed by atoms with Crippen molar-refractivity contribution in [2.24, 2.45) is 0 Å². The number of Topliss-reactive ketones (excluding diaryl/α,β-unsaturated/α-hetero) is 1. The number of carbonyl (C=O) groups excluding carboxylic acids is 5. The lowest BCUT2D eigenvalue weighted by Gasteiger charge is -2.29. The number of imide groups is 1. The number of nitro benzene ring substituents is 2. The Labute approximate surface area is 302 Å². The molecule has 0 atom stereocenters. The summed E-state index contributed by atoms with van der Waals surface area (Å²) in [5.74, 6) is -4.34. The van der Waals surface area contributed by atoms with Crippen molar-refractivity contribution in [3.63, 3.8) is 0 Å². The molecule has 1 heterocycles. The average Bonchev–Trinajstić information content (AvgIpc) is 3.34. The van der Waals surface area contributed by atoms with Gasteiger partial charge in [-0.1, -0.05) is 0 Å². The fourth-order valence-electron chi connectivity index (χ4n) is 4.49. The molecule has 0 spiro atoms. The van der Waals surface area contributed by atoms with E-state index in [0.717, 1.165) is 36.4 Å². The summed E-state index contributed by atoms with van der Waals surface area (Å²) < 4.78 is 6.49. The topological polar surface area (TPSA) is 187 Å². The molecule has 5 rings (SSSR count). The van der Waals surface area contributed by atoms with Crippen LogP contribution < -0.4 is 4.74 Å². The van der Waals surface area contributed by atoms with Crippen LogP contribution in [0.15, 0.2) is 90.7 Å². The standard InChI is InChI=1S/C30H14Br4N4O10/c31-23-21-22(24(32)26(34)25(23)33)29(42)36(28(21)41)35(27(40)15-1-7-17(8-2-15)37(44)45)13-20(39)14-5-11-19(12-6-14)48-30(43)16-3-9-18(10-4-16)38(46)47/h1-12H,13H2. The Morgan fingerprint density at radius 2 is 1.06 bits per heavy atom. The number of hydrogen-bond donors (Lipinski definition) is 0. The third kappa shape index (κ3) is 6.55. The molecule has 4 aromatic carbocycles. The van der Waals surface area contributed by atoms with Crippen LogP contribution in [0, 0.1) is 20.2 Å². The van der Waals surface area contributed by atoms with Crippen molar-refractivity contribution in [1.29, 1.82) is 0 Å². The molecule has 0 saturated carbocycles. The zero-order valence-electron chi connectivity index (χ0n) is 23.5. The van der Waals surface area contributed by atoms with Gasteiger partial charge in [0.2, 0.25) is 0 Å². The molecule has 242 valence electrons. The molecule has 0 aromatic heterocycles. The fraction of sp³-hybridized carbons (Fsp3) is 0.0333. The first-order valence-corrected chi connectivity index (χ1v) is 16.3. The summed E-state index contributed by atoms with van der Waals surface area (Å²) in [7, 11) is 0. The zero-order valence-corrected chi connectivity index (χ0v) is 29.9. The molecule has 14 nitrogen and oxygen atoms in total. The molecule has 1 aliphatic heterocycles. The number of benzene rings is 4. The SMILES string of the molecule is O=C(CN(C(=O)c1ccc([N+](=O)[O-])cc1)N1C(=O)c2c(Br)c(Br)c(Br)c(Br)c2C1=O)c1ccc(OC(=O)c2ccc([N+](=O)[O-])cc2)cc1. The number of carbonyl (C=O) groups is 5. The van der Waals surface area contributed by atoms with Crippen molar-refractivity contribution in [3.05, 3.63) is 139 Å². The molecule has 0 unspecified atom stereocenters. The molecule has 18 heteroatoms. The number of ketones is 1. The van der Waals surface area contributed by atoms with Crippen LogP contribution >= 0.6 is 63.7 Å². The number of non-ortho nitro benzene ring substituents is 2. The van der Waals surface area contributed by atoms with E-state index in [9.17, 15) is 44.2 Å². The van der Waals surface area contributed by atoms with Crippen LogP contribution in [0.3, 0.4) is 0 Å². The Morgan fingerprint density at radius 3 is 1.50 bits per heavy atom. The lowest BCUT2D eigenvalue weighted by Crippen LogP contribution is -2.51. The molecule has 0 saturated heterocycles. The second kappa shape index (κ2) is 13.8. The smallest absolute Gasteiger partial charge is 0.343 e. The molecular weight excluding hydrogens is 896 g/mol. The highest BCUT2D eigenvalue weighted by atomic mass is 79.9. The number of nitro groups is 2. The van der Waals surface area contributed by atoms with Crippen LogP contribution in [0.5, 0.6) is 5.75 Å². The van der Waals surface area contributed by atoms with E-state index >= 15 is 0 Å². The number of rotatable bonds is 9. The summed E-state index contributed by atoms with van der Waals surface area (Å²) in [6, 6.07) is 14.3. The van der Waals surface area contributed by atoms with Gasteiger partial charge in [-0.3, -0.25) is 39.4 Å². The van der Waals surface area contributed by atoms with Crippen molar-refractivity contribution in [2.45, 2.75) is 0 Å². The minimum atomic E-state index is -0.980. The largest absolute Gasteiger partial charge is 0.423 e. The number of ether oxygens (including phenoxy) is 1. The van der Waals surface area contributed by atoms with Crippen molar-refractivity contribution < 1.29 is 38.6 Å². The first kappa shape index (κ1) is 34.7. The van der Waals surface area contributed by atoms with Gasteiger partial charge in [0, 0.05) is 53.3 Å². The maximum Gasteiger partial charge on any atom is 0.343 e. The minimum absolute atomic E-state index is 0.0103. The molecule has 0 aliphatic carbocycles. The first-order chi connectivity index (χ1) is 22.7. The van der Waals surface area contributed by atoms with Gasteiger partial charge >= 0.3 is 5.97 Å². The highest BCUT2D eigenvalue weighted by molar-refractivity contribution is 9.15. The number of nitrogens with zero attached hydrogens (tertiary/aromatic N) is 4. The van der Waals surface area contributed by atoms with Crippen molar-refractivity contribution in [3.8, 4) is 5.75 Å². The summed E-state index contributed by atoms with van der Waals surface area (Å²) in [6.07, 6.45) is 0. The fourth-order valence-corrected chi connectivity index (χ4v) is 6.94. The van der Waals surface area contributed by atoms with Gasteiger partial charge in [0.15, 0.2) is 5.78 Å². The van der Waals surface area contributed by atoms with Gasteiger partial charge in [0.05, 0.1) is 26.5 Å². The van der Waals surface area contributed by atoms with Crippen LogP contribution in [0.2, 0.25) is 0 Å². The normalized spacial score (nSPS) is 12.0. The van der Waals surface area contributed by atoms with E-state index in [2.05, 4.69) is 63.7 Å². The lowest BCUT2D eigenvalue weighted by atomic mass is 10.1. The van der Waals surface area contributed by atoms with E-state index in [4.69, 9.17) is 4.74 Å². The Balaban J connectivity index is 1.44. The number of hydrazine groups is 1. The number of esters is 1. The molecule has 0 N–H and O–H groups in total. The summed E-state index contributed by atoms with van der Waals surface area (Å²) in [4.78, 5) is 88.0. The predicted octanol–water partition coefficient (Wildman–Crippen LogP) is 7.31. The number of halogens is 4. The molecule has 0 radical (unpaired) electrons. The third-order valence-electron chi connectivity index (χ3n) is 6.87. The Hall–Kier alpha value is -4.65. The molecule has 48 heavy (non-hydrogen) atoms. The van der Waals surface area contributed by atoms with Gasteiger partial charge in [-0.25, -0.2) is 9.80 Å². The van der Waals surface area contributed by atoms with Gasteiger partial charge in [-0.15, -0.1) is 0 Å². The Morgan fingerprint density at radius 1 is 0.646 bits per heavy atom. The van der Waals surface area contributed by atoms with Crippen LogP contribution in [0.1, 0.15) is 51.8 Å². The van der Waals surface area contributed by atoms with E-state index in [0.29, 0.717) is 19.0 Å². The van der Waals surface area contributed by atoms with Crippen LogP contribution in [-0.4, -0.2) is 55.9 Å². The maximum absolute atomic E-state index is 13.8. The van der Waals surface area contributed by atoms with Gasteiger partial charge in [-0.05, 0) is 112 Å². The molecular formula is C30H14Br4N4O10. The average molecular weight is 910 g/mol. The third-order valence-corrected chi connectivity index (χ3v) is 11.6. The van der Waals surface area contributed by atoms with Gasteiger partial charge < -0.3 is 4.74 Å². The quantitative estimate of drug-likeness (QED) is 0.0241. The number of amides is 3. The Kier molecular flexibility index (Phi) is 9.99. The molecule has 0 fully saturated rings. The van der Waals surface area contributed by atoms with Crippen LogP contribution in [0.25, 0.3) is 0 Å². The van der Waals surface area contributed by atoms with Crippen molar-refractivity contribution in [2.75, 3.05) is 6.54 Å². The molecule has 4 aromatic rings. The van der Waals surface area contributed by atoms with E-state index in [-0.39, 0.29) is 53.9 Å². The molecule has 0 bridgehead atoms. The second-order valence-electron chi connectivity index (χ2n) is 9.74. The molecule has 3 amide bonds. The first-order valence-electron chi connectivity index (χ1n) is 13.1. The summed E-state index contributed by atoms with van der Waals surface area (Å²) in [5, 5.41) is 23.2. The van der Waals surface area contributed by atoms with Gasteiger partial charge in [0.1, 0.15) is 12.3 Å². The van der Waals surface area contributed by atoms with Crippen LogP contribution in [-0.2, 0) is 0 Å². The van der Waals surface area contributed by atoms with Gasteiger partial charge in [0.25, 0.3) is 29.1 Å². The van der Waals surface area contributed by atoms with E-state index in [1.165, 1.54) is 36.4 Å². The van der Waals surface area contributed by atoms with Crippen molar-refractivity contribution in [1.82, 2.24) is 10.0 Å². The highest BCUT2D eigenvalue weighted by Crippen LogP contribution is 2.45. The number of fused-ring (bicyclic) bond motifs is 1. The van der Waals surface area contributed by atoms with E-state index in [1.54, 1.807) is 0 Å².